The zero-order valence-corrected chi connectivity index (χ0v) is 11.7. The summed E-state index contributed by atoms with van der Waals surface area (Å²) in [5.41, 5.74) is 1.31. The lowest BCUT2D eigenvalue weighted by Gasteiger charge is -2.06. The Labute approximate surface area is 129 Å². The molecule has 0 atom stereocenters. The highest BCUT2D eigenvalue weighted by molar-refractivity contribution is 5.81. The largest absolute Gasteiger partial charge is 0.454 e. The molecule has 7 heteroatoms. The summed E-state index contributed by atoms with van der Waals surface area (Å²) in [6, 6.07) is 9.30. The molecule has 0 amide bonds. The Morgan fingerprint density at radius 3 is 2.74 bits per heavy atom. The van der Waals surface area contributed by atoms with Gasteiger partial charge in [-0.15, -0.1) is 0 Å². The fraction of sp³-hybridized carbons (Fsp3) is 0.125. The second-order valence-electron chi connectivity index (χ2n) is 5.00. The van der Waals surface area contributed by atoms with Crippen LogP contribution in [0.15, 0.2) is 30.3 Å². The Bertz CT molecular complexity index is 976. The number of benzene rings is 2. The normalized spacial score (nSPS) is 12.6. The van der Waals surface area contributed by atoms with Crippen molar-refractivity contribution in [3.8, 4) is 29.0 Å². The average Bonchev–Trinajstić information content (AvgIpc) is 3.13. The highest BCUT2D eigenvalue weighted by Crippen LogP contribution is 2.36. The van der Waals surface area contributed by atoms with E-state index in [-0.39, 0.29) is 18.9 Å². The van der Waals surface area contributed by atoms with E-state index in [0.29, 0.717) is 28.4 Å². The van der Waals surface area contributed by atoms with E-state index < -0.39 is 11.6 Å². The van der Waals surface area contributed by atoms with Crippen LogP contribution in [0.25, 0.3) is 22.4 Å². The summed E-state index contributed by atoms with van der Waals surface area (Å²) in [6.45, 7) is 0.106. The summed E-state index contributed by atoms with van der Waals surface area (Å²) in [4.78, 5) is 4.34. The van der Waals surface area contributed by atoms with Gasteiger partial charge in [-0.3, -0.25) is 0 Å². The number of halogens is 2. The highest BCUT2D eigenvalue weighted by Gasteiger charge is 2.19. The van der Waals surface area contributed by atoms with Crippen LogP contribution >= 0.6 is 0 Å². The van der Waals surface area contributed by atoms with E-state index >= 15 is 0 Å². The molecule has 0 fully saturated rings. The highest BCUT2D eigenvalue weighted by atomic mass is 19.2. The fourth-order valence-electron chi connectivity index (χ4n) is 2.61. The molecule has 0 bridgehead atoms. The zero-order valence-electron chi connectivity index (χ0n) is 11.7. The van der Waals surface area contributed by atoms with Crippen LogP contribution in [0, 0.1) is 23.0 Å². The van der Waals surface area contributed by atoms with Gasteiger partial charge in [0.1, 0.15) is 12.4 Å². The lowest BCUT2D eigenvalue weighted by atomic mass is 10.2. The van der Waals surface area contributed by atoms with E-state index in [9.17, 15) is 8.78 Å². The molecule has 2 heterocycles. The number of imidazole rings is 1. The quantitative estimate of drug-likeness (QED) is 0.729. The van der Waals surface area contributed by atoms with Crippen molar-refractivity contribution in [3.63, 3.8) is 0 Å². The van der Waals surface area contributed by atoms with Crippen molar-refractivity contribution >= 4 is 11.0 Å². The van der Waals surface area contributed by atoms with Gasteiger partial charge in [0.15, 0.2) is 23.1 Å². The van der Waals surface area contributed by atoms with Crippen LogP contribution in [0.2, 0.25) is 0 Å². The Kier molecular flexibility index (Phi) is 2.91. The second-order valence-corrected chi connectivity index (χ2v) is 5.00. The molecule has 5 nitrogen and oxygen atoms in total. The molecule has 0 N–H and O–H groups in total. The number of ether oxygens (including phenoxy) is 2. The van der Waals surface area contributed by atoms with Gasteiger partial charge in [-0.25, -0.2) is 13.8 Å². The predicted octanol–water partition coefficient (Wildman–Crippen LogP) is 3.23. The molecule has 0 unspecified atom stereocenters. The summed E-state index contributed by atoms with van der Waals surface area (Å²) in [5.74, 6) is -0.334. The fourth-order valence-corrected chi connectivity index (χ4v) is 2.61. The van der Waals surface area contributed by atoms with Gasteiger partial charge >= 0.3 is 0 Å². The number of aromatic nitrogens is 2. The third kappa shape index (κ3) is 2.07. The molecule has 1 aliphatic rings. The van der Waals surface area contributed by atoms with E-state index in [1.54, 1.807) is 18.2 Å². The van der Waals surface area contributed by atoms with Crippen molar-refractivity contribution in [1.82, 2.24) is 9.55 Å². The topological polar surface area (TPSA) is 60.1 Å². The Hall–Kier alpha value is -3.14. The summed E-state index contributed by atoms with van der Waals surface area (Å²) >= 11 is 0. The van der Waals surface area contributed by atoms with Crippen molar-refractivity contribution in [1.29, 1.82) is 5.26 Å². The lowest BCUT2D eigenvalue weighted by molar-refractivity contribution is 0.174. The van der Waals surface area contributed by atoms with Crippen LogP contribution in [-0.4, -0.2) is 16.3 Å². The molecule has 4 rings (SSSR count). The Morgan fingerprint density at radius 1 is 1.13 bits per heavy atom. The molecule has 0 saturated carbocycles. The molecule has 114 valence electrons. The number of rotatable bonds is 2. The van der Waals surface area contributed by atoms with Gasteiger partial charge in [0.25, 0.3) is 0 Å². The maximum absolute atomic E-state index is 13.5. The molecular weight excluding hydrogens is 304 g/mol. The maximum Gasteiger partial charge on any atom is 0.231 e. The number of hydrogen-bond acceptors (Lipinski definition) is 4. The van der Waals surface area contributed by atoms with Crippen LogP contribution in [0.5, 0.6) is 11.5 Å². The lowest BCUT2D eigenvalue weighted by Crippen LogP contribution is -1.99. The third-order valence-electron chi connectivity index (χ3n) is 3.65. The first kappa shape index (κ1) is 13.5. The van der Waals surface area contributed by atoms with Crippen molar-refractivity contribution in [2.45, 2.75) is 6.54 Å². The summed E-state index contributed by atoms with van der Waals surface area (Å²) in [5, 5.41) is 9.04. The van der Waals surface area contributed by atoms with Crippen molar-refractivity contribution in [2.75, 3.05) is 6.79 Å². The SMILES string of the molecule is N#CCn1c(-c2ccc3c(c2)OCO3)nc2cc(F)c(F)cc21. The van der Waals surface area contributed by atoms with E-state index in [1.807, 2.05) is 6.07 Å². The van der Waals surface area contributed by atoms with Crippen molar-refractivity contribution < 1.29 is 18.3 Å². The zero-order chi connectivity index (χ0) is 16.0. The molecule has 1 aliphatic heterocycles. The first-order valence-electron chi connectivity index (χ1n) is 6.79. The second kappa shape index (κ2) is 4.95. The van der Waals surface area contributed by atoms with Gasteiger partial charge in [-0.1, -0.05) is 0 Å². The van der Waals surface area contributed by atoms with E-state index in [1.165, 1.54) is 4.57 Å². The van der Waals surface area contributed by atoms with E-state index in [4.69, 9.17) is 14.7 Å². The summed E-state index contributed by atoms with van der Waals surface area (Å²) in [7, 11) is 0. The first-order chi connectivity index (χ1) is 11.2. The molecular formula is C16H9F2N3O2. The molecule has 0 saturated heterocycles. The molecule has 3 aromatic rings. The molecule has 0 aliphatic carbocycles. The monoisotopic (exact) mass is 313 g/mol. The van der Waals surface area contributed by atoms with Gasteiger partial charge in [0.05, 0.1) is 17.1 Å². The molecule has 0 radical (unpaired) electrons. The Balaban J connectivity index is 1.95. The third-order valence-corrected chi connectivity index (χ3v) is 3.65. The predicted molar refractivity (Wildman–Crippen MR) is 76.8 cm³/mol. The molecule has 0 spiro atoms. The number of fused-ring (bicyclic) bond motifs is 2. The standard InChI is InChI=1S/C16H9F2N3O2/c17-10-6-12-13(7-11(10)18)21(4-3-19)16(20-12)9-1-2-14-15(5-9)23-8-22-14/h1-2,5-7H,4,8H2. The van der Waals surface area contributed by atoms with Crippen molar-refractivity contribution in [2.24, 2.45) is 0 Å². The van der Waals surface area contributed by atoms with E-state index in [0.717, 1.165) is 12.1 Å². The van der Waals surface area contributed by atoms with Crippen LogP contribution in [-0.2, 0) is 6.54 Å². The smallest absolute Gasteiger partial charge is 0.231 e. The van der Waals surface area contributed by atoms with Gasteiger partial charge in [0.2, 0.25) is 6.79 Å². The number of nitriles is 1. The minimum absolute atomic E-state index is 0.0364. The maximum atomic E-state index is 13.5. The van der Waals surface area contributed by atoms with Gasteiger partial charge in [0, 0.05) is 17.7 Å². The van der Waals surface area contributed by atoms with Crippen LogP contribution in [0.4, 0.5) is 8.78 Å². The van der Waals surface area contributed by atoms with Crippen LogP contribution in [0.3, 0.4) is 0 Å². The van der Waals surface area contributed by atoms with Crippen LogP contribution < -0.4 is 9.47 Å². The minimum atomic E-state index is -0.978. The van der Waals surface area contributed by atoms with Gasteiger partial charge < -0.3 is 14.0 Å². The molecule has 23 heavy (non-hydrogen) atoms. The summed E-state index contributed by atoms with van der Waals surface area (Å²) in [6.07, 6.45) is 0. The number of nitrogens with zero attached hydrogens (tertiary/aromatic N) is 3. The molecule has 1 aromatic heterocycles. The van der Waals surface area contributed by atoms with Gasteiger partial charge in [-0.05, 0) is 18.2 Å². The first-order valence-corrected chi connectivity index (χ1v) is 6.79. The van der Waals surface area contributed by atoms with Gasteiger partial charge in [-0.2, -0.15) is 5.26 Å². The summed E-state index contributed by atoms with van der Waals surface area (Å²) < 4.78 is 39.1. The van der Waals surface area contributed by atoms with Crippen LogP contribution in [0.1, 0.15) is 0 Å². The average molecular weight is 313 g/mol. The minimum Gasteiger partial charge on any atom is -0.454 e. The Morgan fingerprint density at radius 2 is 1.91 bits per heavy atom. The van der Waals surface area contributed by atoms with Crippen molar-refractivity contribution in [3.05, 3.63) is 42.0 Å². The molecule has 2 aromatic carbocycles. The number of hydrogen-bond donors (Lipinski definition) is 0. The van der Waals surface area contributed by atoms with E-state index in [2.05, 4.69) is 4.98 Å².